The molecule has 2 heterocycles. The van der Waals surface area contributed by atoms with E-state index in [9.17, 15) is 10.1 Å². The Morgan fingerprint density at radius 1 is 1.12 bits per heavy atom. The molecule has 1 aliphatic heterocycles. The molecule has 0 spiro atoms. The number of ether oxygens (including phenoxy) is 3. The lowest BCUT2D eigenvalue weighted by Crippen LogP contribution is -2.31. The first kappa shape index (κ1) is 21.8. The Morgan fingerprint density at radius 2 is 1.79 bits per heavy atom. The van der Waals surface area contributed by atoms with Crippen molar-refractivity contribution in [3.63, 3.8) is 0 Å². The van der Waals surface area contributed by atoms with Gasteiger partial charge in [-0.1, -0.05) is 18.2 Å². The van der Waals surface area contributed by atoms with Crippen LogP contribution in [-0.2, 0) is 4.79 Å². The fourth-order valence-corrected chi connectivity index (χ4v) is 3.92. The SMILES string of the molecule is COc1cc(C2C(C(=O)Nc3ccccc3)=C(C)Nc3c(C#N)cnn32)cc(OC)c1OC. The average molecular weight is 445 g/mol. The van der Waals surface area contributed by atoms with Gasteiger partial charge in [0.1, 0.15) is 23.5 Å². The van der Waals surface area contributed by atoms with Crippen LogP contribution in [0.4, 0.5) is 11.5 Å². The summed E-state index contributed by atoms with van der Waals surface area (Å²) in [4.78, 5) is 13.5. The van der Waals surface area contributed by atoms with E-state index in [1.165, 1.54) is 27.5 Å². The van der Waals surface area contributed by atoms with Crippen molar-refractivity contribution in [3.05, 3.63) is 71.1 Å². The molecule has 9 heteroatoms. The molecule has 0 radical (unpaired) electrons. The van der Waals surface area contributed by atoms with Gasteiger partial charge in [-0.25, -0.2) is 4.68 Å². The van der Waals surface area contributed by atoms with E-state index in [1.807, 2.05) is 30.3 Å². The van der Waals surface area contributed by atoms with Gasteiger partial charge < -0.3 is 24.8 Å². The van der Waals surface area contributed by atoms with Crippen LogP contribution in [0.2, 0.25) is 0 Å². The predicted octanol–water partition coefficient (Wildman–Crippen LogP) is 3.71. The number of rotatable bonds is 6. The zero-order valence-corrected chi connectivity index (χ0v) is 18.7. The average Bonchev–Trinajstić information content (AvgIpc) is 3.25. The molecular weight excluding hydrogens is 422 g/mol. The molecule has 2 aromatic carbocycles. The molecule has 0 saturated carbocycles. The van der Waals surface area contributed by atoms with E-state index in [0.717, 1.165) is 0 Å². The molecule has 0 bridgehead atoms. The number of benzene rings is 2. The number of hydrogen-bond acceptors (Lipinski definition) is 7. The summed E-state index contributed by atoms with van der Waals surface area (Å²) in [5.41, 5.74) is 2.75. The molecule has 9 nitrogen and oxygen atoms in total. The Morgan fingerprint density at radius 3 is 2.36 bits per heavy atom. The van der Waals surface area contributed by atoms with Crippen molar-refractivity contribution in [2.45, 2.75) is 13.0 Å². The topological polar surface area (TPSA) is 110 Å². The zero-order chi connectivity index (χ0) is 23.5. The summed E-state index contributed by atoms with van der Waals surface area (Å²) in [6.45, 7) is 1.79. The van der Waals surface area contributed by atoms with E-state index < -0.39 is 6.04 Å². The highest BCUT2D eigenvalue weighted by atomic mass is 16.5. The highest BCUT2D eigenvalue weighted by Gasteiger charge is 2.35. The Labute approximate surface area is 191 Å². The third-order valence-electron chi connectivity index (χ3n) is 5.42. The lowest BCUT2D eigenvalue weighted by molar-refractivity contribution is -0.113. The first-order chi connectivity index (χ1) is 16.0. The minimum absolute atomic E-state index is 0.301. The highest BCUT2D eigenvalue weighted by molar-refractivity contribution is 6.06. The number of aromatic nitrogens is 2. The van der Waals surface area contributed by atoms with Crippen LogP contribution in [0.15, 0.2) is 59.9 Å². The standard InChI is InChI=1S/C24H23N5O4/c1-14-20(24(30)28-17-8-6-5-7-9-17)21(29-23(27-14)16(12-25)13-26-29)15-10-18(31-2)22(33-4)19(11-15)32-3/h5-11,13,21,27H,1-4H3,(H,28,30). The first-order valence-electron chi connectivity index (χ1n) is 10.1. The quantitative estimate of drug-likeness (QED) is 0.595. The second-order valence-electron chi connectivity index (χ2n) is 7.31. The summed E-state index contributed by atoms with van der Waals surface area (Å²) >= 11 is 0. The maximum Gasteiger partial charge on any atom is 0.255 e. The van der Waals surface area contributed by atoms with Crippen molar-refractivity contribution in [3.8, 4) is 23.3 Å². The van der Waals surface area contributed by atoms with Crippen molar-refractivity contribution in [2.24, 2.45) is 0 Å². The molecule has 0 fully saturated rings. The summed E-state index contributed by atoms with van der Waals surface area (Å²) in [5.74, 6) is 1.53. The molecule has 1 unspecified atom stereocenters. The fraction of sp³-hybridized carbons (Fsp3) is 0.208. The second-order valence-corrected chi connectivity index (χ2v) is 7.31. The maximum atomic E-state index is 13.5. The molecule has 1 aliphatic rings. The van der Waals surface area contributed by atoms with E-state index in [-0.39, 0.29) is 5.91 Å². The zero-order valence-electron chi connectivity index (χ0n) is 18.7. The van der Waals surface area contributed by atoms with Gasteiger partial charge in [0.25, 0.3) is 5.91 Å². The number of para-hydroxylation sites is 1. The van der Waals surface area contributed by atoms with Crippen LogP contribution in [0.5, 0.6) is 17.2 Å². The van der Waals surface area contributed by atoms with Crippen molar-refractivity contribution in [1.82, 2.24) is 9.78 Å². The van der Waals surface area contributed by atoms with Gasteiger partial charge in [0.2, 0.25) is 5.75 Å². The number of carbonyl (C=O) groups excluding carboxylic acids is 1. The largest absolute Gasteiger partial charge is 0.493 e. The number of nitriles is 1. The van der Waals surface area contributed by atoms with Crippen molar-refractivity contribution in [2.75, 3.05) is 32.0 Å². The number of carbonyl (C=O) groups is 1. The molecule has 0 saturated heterocycles. The number of allylic oxidation sites excluding steroid dienone is 1. The van der Waals surface area contributed by atoms with E-state index in [2.05, 4.69) is 21.8 Å². The Bertz CT molecular complexity index is 1250. The van der Waals surface area contributed by atoms with Gasteiger partial charge in [0, 0.05) is 11.4 Å². The molecule has 1 aromatic heterocycles. The second kappa shape index (κ2) is 8.96. The Kier molecular flexibility index (Phi) is 5.91. The molecule has 1 atom stereocenters. The summed E-state index contributed by atoms with van der Waals surface area (Å²) < 4.78 is 18.1. The van der Waals surface area contributed by atoms with E-state index in [0.29, 0.717) is 51.2 Å². The third kappa shape index (κ3) is 3.83. The minimum Gasteiger partial charge on any atom is -0.493 e. The van der Waals surface area contributed by atoms with Gasteiger partial charge in [-0.2, -0.15) is 10.4 Å². The molecule has 0 aliphatic carbocycles. The molecule has 4 rings (SSSR count). The number of anilines is 2. The van der Waals surface area contributed by atoms with Crippen LogP contribution < -0.4 is 24.8 Å². The van der Waals surface area contributed by atoms with Gasteiger partial charge in [-0.3, -0.25) is 4.79 Å². The maximum absolute atomic E-state index is 13.5. The molecular formula is C24H23N5O4. The molecule has 3 aromatic rings. The highest BCUT2D eigenvalue weighted by Crippen LogP contribution is 2.44. The number of nitrogens with one attached hydrogen (secondary N) is 2. The molecule has 33 heavy (non-hydrogen) atoms. The smallest absolute Gasteiger partial charge is 0.255 e. The first-order valence-corrected chi connectivity index (χ1v) is 10.1. The van der Waals surface area contributed by atoms with Crippen LogP contribution in [0.3, 0.4) is 0 Å². The third-order valence-corrected chi connectivity index (χ3v) is 5.42. The summed E-state index contributed by atoms with van der Waals surface area (Å²) in [7, 11) is 4.58. The van der Waals surface area contributed by atoms with Crippen molar-refractivity contribution >= 4 is 17.4 Å². The predicted molar refractivity (Wildman–Crippen MR) is 123 cm³/mol. The van der Waals surface area contributed by atoms with Crippen LogP contribution in [0, 0.1) is 11.3 Å². The van der Waals surface area contributed by atoms with Crippen LogP contribution >= 0.6 is 0 Å². The Balaban J connectivity index is 1.89. The number of amides is 1. The van der Waals surface area contributed by atoms with Gasteiger partial charge in [0.05, 0.1) is 33.1 Å². The number of methoxy groups -OCH3 is 3. The van der Waals surface area contributed by atoms with Crippen molar-refractivity contribution in [1.29, 1.82) is 5.26 Å². The van der Waals surface area contributed by atoms with E-state index in [4.69, 9.17) is 14.2 Å². The summed E-state index contributed by atoms with van der Waals surface area (Å²) in [6.07, 6.45) is 1.47. The lowest BCUT2D eigenvalue weighted by Gasteiger charge is -2.30. The van der Waals surface area contributed by atoms with Crippen LogP contribution in [0.25, 0.3) is 0 Å². The van der Waals surface area contributed by atoms with Crippen LogP contribution in [0.1, 0.15) is 24.1 Å². The molecule has 1 amide bonds. The number of hydrogen-bond donors (Lipinski definition) is 2. The summed E-state index contributed by atoms with van der Waals surface area (Å²) in [5, 5.41) is 20.1. The van der Waals surface area contributed by atoms with Gasteiger partial charge >= 0.3 is 0 Å². The number of nitrogens with zero attached hydrogens (tertiary/aromatic N) is 3. The monoisotopic (exact) mass is 445 g/mol. The Hall–Kier alpha value is -4.45. The van der Waals surface area contributed by atoms with Crippen LogP contribution in [-0.4, -0.2) is 37.0 Å². The molecule has 168 valence electrons. The van der Waals surface area contributed by atoms with E-state index in [1.54, 1.807) is 23.7 Å². The lowest BCUT2D eigenvalue weighted by atomic mass is 9.93. The van der Waals surface area contributed by atoms with Gasteiger partial charge in [-0.05, 0) is 36.8 Å². The molecule has 2 N–H and O–H groups in total. The van der Waals surface area contributed by atoms with Gasteiger partial charge in [0.15, 0.2) is 11.5 Å². The van der Waals surface area contributed by atoms with E-state index >= 15 is 0 Å². The fourth-order valence-electron chi connectivity index (χ4n) is 3.92. The normalized spacial score (nSPS) is 14.6. The van der Waals surface area contributed by atoms with Gasteiger partial charge in [-0.15, -0.1) is 0 Å². The summed E-state index contributed by atoms with van der Waals surface area (Å²) in [6, 6.07) is 14.2. The van der Waals surface area contributed by atoms with Crippen molar-refractivity contribution < 1.29 is 19.0 Å². The minimum atomic E-state index is -0.652. The number of fused-ring (bicyclic) bond motifs is 1.